The van der Waals surface area contributed by atoms with Crippen LogP contribution in [0.4, 0.5) is 0 Å². The summed E-state index contributed by atoms with van der Waals surface area (Å²) in [6.07, 6.45) is 0. The van der Waals surface area contributed by atoms with E-state index in [4.69, 9.17) is 18.7 Å². The van der Waals surface area contributed by atoms with Crippen LogP contribution in [-0.4, -0.2) is 50.7 Å². The van der Waals surface area contributed by atoms with Crippen LogP contribution in [0.3, 0.4) is 0 Å². The number of ether oxygens (including phenoxy) is 3. The molecule has 1 fully saturated rings. The van der Waals surface area contributed by atoms with E-state index < -0.39 is 0 Å². The first-order valence-corrected chi connectivity index (χ1v) is 7.26. The summed E-state index contributed by atoms with van der Waals surface area (Å²) in [5.41, 5.74) is 0.838. The zero-order chi connectivity index (χ0) is 15.4. The Morgan fingerprint density at radius 1 is 1.14 bits per heavy atom. The molecule has 2 aromatic rings. The summed E-state index contributed by atoms with van der Waals surface area (Å²) in [6, 6.07) is 5.56. The largest absolute Gasteiger partial charge is 0.493 e. The topological polar surface area (TPSA) is 71.1 Å². The molecular weight excluding hydrogens is 286 g/mol. The summed E-state index contributed by atoms with van der Waals surface area (Å²) in [4.78, 5) is 5.87. The van der Waals surface area contributed by atoms with E-state index in [-0.39, 0.29) is 0 Å². The average Bonchev–Trinajstić information content (AvgIpc) is 3.03. The Labute approximate surface area is 128 Å². The standard InChI is InChI=1S/C15H19N3O4/c1-19-12-4-3-11(9-13(12)20-2)15-16-14(22-17-15)10-18-5-7-21-8-6-18/h3-4,9H,5-8,10H2,1-2H3/p+1. The van der Waals surface area contributed by atoms with Crippen LogP contribution in [0.15, 0.2) is 22.7 Å². The summed E-state index contributed by atoms with van der Waals surface area (Å²) in [6.45, 7) is 4.23. The molecule has 0 amide bonds. The molecular formula is C15H20N3O4+. The molecule has 7 heteroatoms. The van der Waals surface area contributed by atoms with Gasteiger partial charge in [-0.3, -0.25) is 0 Å². The summed E-state index contributed by atoms with van der Waals surface area (Å²) >= 11 is 0. The SMILES string of the molecule is COc1ccc(-c2noc(C[NH+]3CCOCC3)n2)cc1OC. The van der Waals surface area contributed by atoms with Gasteiger partial charge in [0.2, 0.25) is 5.82 Å². The van der Waals surface area contributed by atoms with Crippen LogP contribution >= 0.6 is 0 Å². The van der Waals surface area contributed by atoms with Crippen molar-refractivity contribution in [2.24, 2.45) is 0 Å². The maximum atomic E-state index is 5.36. The summed E-state index contributed by atoms with van der Waals surface area (Å²) in [5, 5.41) is 4.06. The Bertz CT molecular complexity index is 623. The molecule has 0 radical (unpaired) electrons. The number of morpholine rings is 1. The molecule has 0 bridgehead atoms. The van der Waals surface area contributed by atoms with Gasteiger partial charge in [-0.25, -0.2) is 0 Å². The second kappa shape index (κ2) is 6.76. The maximum Gasteiger partial charge on any atom is 0.282 e. The fourth-order valence-electron chi connectivity index (χ4n) is 2.47. The molecule has 0 unspecified atom stereocenters. The van der Waals surface area contributed by atoms with Crippen LogP contribution in [-0.2, 0) is 11.3 Å². The van der Waals surface area contributed by atoms with Gasteiger partial charge >= 0.3 is 0 Å². The normalized spacial score (nSPS) is 15.7. The number of nitrogens with one attached hydrogen (secondary N) is 1. The maximum absolute atomic E-state index is 5.36. The second-order valence-corrected chi connectivity index (χ2v) is 5.12. The molecule has 118 valence electrons. The van der Waals surface area contributed by atoms with E-state index in [1.54, 1.807) is 14.2 Å². The lowest BCUT2D eigenvalue weighted by molar-refractivity contribution is -0.922. The van der Waals surface area contributed by atoms with Crippen molar-refractivity contribution in [3.8, 4) is 22.9 Å². The Morgan fingerprint density at radius 2 is 1.91 bits per heavy atom. The van der Waals surface area contributed by atoms with Gasteiger partial charge in [-0.05, 0) is 18.2 Å². The van der Waals surface area contributed by atoms with Crippen molar-refractivity contribution in [3.63, 3.8) is 0 Å². The molecule has 1 N–H and O–H groups in total. The zero-order valence-corrected chi connectivity index (χ0v) is 12.8. The van der Waals surface area contributed by atoms with E-state index in [0.717, 1.165) is 38.4 Å². The fraction of sp³-hybridized carbons (Fsp3) is 0.467. The number of hydrogen-bond donors (Lipinski definition) is 1. The third-order valence-corrected chi connectivity index (χ3v) is 3.71. The van der Waals surface area contributed by atoms with E-state index in [0.29, 0.717) is 23.2 Å². The number of nitrogens with zero attached hydrogens (tertiary/aromatic N) is 2. The molecule has 0 aliphatic carbocycles. The van der Waals surface area contributed by atoms with Crippen LogP contribution in [0.5, 0.6) is 11.5 Å². The Kier molecular flexibility index (Phi) is 4.55. The molecule has 1 saturated heterocycles. The van der Waals surface area contributed by atoms with E-state index in [9.17, 15) is 0 Å². The molecule has 3 rings (SSSR count). The van der Waals surface area contributed by atoms with Crippen molar-refractivity contribution in [1.29, 1.82) is 0 Å². The Hall–Kier alpha value is -2.12. The van der Waals surface area contributed by atoms with Crippen molar-refractivity contribution >= 4 is 0 Å². The first-order valence-electron chi connectivity index (χ1n) is 7.26. The lowest BCUT2D eigenvalue weighted by Gasteiger charge is -2.21. The number of benzene rings is 1. The van der Waals surface area contributed by atoms with E-state index in [1.807, 2.05) is 18.2 Å². The number of aromatic nitrogens is 2. The van der Waals surface area contributed by atoms with Crippen LogP contribution in [0.1, 0.15) is 5.89 Å². The van der Waals surface area contributed by atoms with Crippen molar-refractivity contribution in [2.45, 2.75) is 6.54 Å². The molecule has 1 aliphatic rings. The minimum Gasteiger partial charge on any atom is -0.493 e. The number of quaternary nitrogens is 1. The monoisotopic (exact) mass is 306 g/mol. The fourth-order valence-corrected chi connectivity index (χ4v) is 2.47. The van der Waals surface area contributed by atoms with Gasteiger partial charge in [0, 0.05) is 5.56 Å². The number of rotatable bonds is 5. The van der Waals surface area contributed by atoms with Crippen molar-refractivity contribution < 1.29 is 23.6 Å². The number of hydrogen-bond acceptors (Lipinski definition) is 6. The highest BCUT2D eigenvalue weighted by Crippen LogP contribution is 2.31. The lowest BCUT2D eigenvalue weighted by atomic mass is 10.2. The molecule has 0 atom stereocenters. The van der Waals surface area contributed by atoms with E-state index >= 15 is 0 Å². The van der Waals surface area contributed by atoms with Gasteiger partial charge in [0.1, 0.15) is 13.1 Å². The summed E-state index contributed by atoms with van der Waals surface area (Å²) in [5.74, 6) is 2.52. The highest BCUT2D eigenvalue weighted by molar-refractivity contribution is 5.60. The van der Waals surface area contributed by atoms with Crippen LogP contribution in [0.2, 0.25) is 0 Å². The van der Waals surface area contributed by atoms with Crippen molar-refractivity contribution in [3.05, 3.63) is 24.1 Å². The first kappa shape index (κ1) is 14.8. The highest BCUT2D eigenvalue weighted by Gasteiger charge is 2.19. The summed E-state index contributed by atoms with van der Waals surface area (Å²) in [7, 11) is 3.21. The quantitative estimate of drug-likeness (QED) is 0.849. The Morgan fingerprint density at radius 3 is 2.64 bits per heavy atom. The van der Waals surface area contributed by atoms with Crippen molar-refractivity contribution in [1.82, 2.24) is 10.1 Å². The molecule has 2 heterocycles. The predicted octanol–water partition coefficient (Wildman–Crippen LogP) is 0.169. The van der Waals surface area contributed by atoms with Gasteiger partial charge < -0.3 is 23.6 Å². The molecule has 1 aromatic heterocycles. The zero-order valence-electron chi connectivity index (χ0n) is 12.8. The van der Waals surface area contributed by atoms with E-state index in [2.05, 4.69) is 10.1 Å². The van der Waals surface area contributed by atoms with Crippen molar-refractivity contribution in [2.75, 3.05) is 40.5 Å². The molecule has 22 heavy (non-hydrogen) atoms. The van der Waals surface area contributed by atoms with Crippen LogP contribution in [0, 0.1) is 0 Å². The van der Waals surface area contributed by atoms with Gasteiger partial charge in [0.05, 0.1) is 27.4 Å². The van der Waals surface area contributed by atoms with Gasteiger partial charge in [0.25, 0.3) is 5.89 Å². The van der Waals surface area contributed by atoms with Gasteiger partial charge in [0.15, 0.2) is 18.0 Å². The smallest absolute Gasteiger partial charge is 0.282 e. The molecule has 1 aromatic carbocycles. The molecule has 7 nitrogen and oxygen atoms in total. The number of methoxy groups -OCH3 is 2. The van der Waals surface area contributed by atoms with Crippen LogP contribution in [0.25, 0.3) is 11.4 Å². The van der Waals surface area contributed by atoms with Gasteiger partial charge in [-0.2, -0.15) is 4.98 Å². The first-order chi connectivity index (χ1) is 10.8. The minimum absolute atomic E-state index is 0.559. The second-order valence-electron chi connectivity index (χ2n) is 5.12. The average molecular weight is 306 g/mol. The van der Waals surface area contributed by atoms with Gasteiger partial charge in [-0.15, -0.1) is 0 Å². The van der Waals surface area contributed by atoms with Gasteiger partial charge in [-0.1, -0.05) is 5.16 Å². The highest BCUT2D eigenvalue weighted by atomic mass is 16.5. The molecule has 0 saturated carbocycles. The third kappa shape index (κ3) is 3.20. The molecule has 0 spiro atoms. The third-order valence-electron chi connectivity index (χ3n) is 3.71. The minimum atomic E-state index is 0.559. The lowest BCUT2D eigenvalue weighted by Crippen LogP contribution is -3.12. The summed E-state index contributed by atoms with van der Waals surface area (Å²) < 4.78 is 21.2. The van der Waals surface area contributed by atoms with Crippen LogP contribution < -0.4 is 14.4 Å². The van der Waals surface area contributed by atoms with E-state index in [1.165, 1.54) is 4.90 Å². The Balaban J connectivity index is 1.75. The molecule has 1 aliphatic heterocycles. The predicted molar refractivity (Wildman–Crippen MR) is 78.1 cm³/mol.